The number of likely N-dealkylation sites (tertiary alicyclic amines) is 1. The zero-order chi connectivity index (χ0) is 20.4. The van der Waals surface area contributed by atoms with Gasteiger partial charge in [-0.2, -0.15) is 0 Å². The van der Waals surface area contributed by atoms with Gasteiger partial charge in [-0.25, -0.2) is 9.69 Å². The van der Waals surface area contributed by atoms with E-state index in [4.69, 9.17) is 4.74 Å². The first kappa shape index (κ1) is 19.6. The zero-order valence-electron chi connectivity index (χ0n) is 16.2. The molecule has 0 N–H and O–H groups in total. The number of ether oxygens (including phenoxy) is 1. The van der Waals surface area contributed by atoms with Crippen LogP contribution in [0.15, 0.2) is 41.8 Å². The van der Waals surface area contributed by atoms with Crippen LogP contribution in [-0.4, -0.2) is 52.4 Å². The Kier molecular flexibility index (Phi) is 5.64. The highest BCUT2D eigenvalue weighted by Crippen LogP contribution is 2.33. The van der Waals surface area contributed by atoms with E-state index in [1.54, 1.807) is 0 Å². The fourth-order valence-electron chi connectivity index (χ4n) is 3.88. The molecule has 3 heterocycles. The average Bonchev–Trinajstić information content (AvgIpc) is 3.45. The number of carbonyl (C=O) groups excluding carboxylic acids is 3. The minimum absolute atomic E-state index is 0.104. The normalized spacial score (nSPS) is 20.2. The smallest absolute Gasteiger partial charge is 0.335 e. The number of benzene rings is 1. The van der Waals surface area contributed by atoms with Gasteiger partial charge in [-0.15, -0.1) is 11.3 Å². The predicted octanol–water partition coefficient (Wildman–Crippen LogP) is 3.23. The van der Waals surface area contributed by atoms with Gasteiger partial charge in [0, 0.05) is 17.5 Å². The van der Waals surface area contributed by atoms with Crippen LogP contribution in [0.5, 0.6) is 5.75 Å². The molecule has 8 heteroatoms. The molecule has 0 saturated carbocycles. The molecule has 2 saturated heterocycles. The Hall–Kier alpha value is -2.71. The third-order valence-corrected chi connectivity index (χ3v) is 6.15. The molecule has 2 aliphatic heterocycles. The molecular weight excluding hydrogens is 390 g/mol. The Morgan fingerprint density at radius 1 is 1.07 bits per heavy atom. The predicted molar refractivity (Wildman–Crippen MR) is 108 cm³/mol. The molecule has 4 rings (SSSR count). The average molecular weight is 413 g/mol. The first-order chi connectivity index (χ1) is 14.1. The van der Waals surface area contributed by atoms with Gasteiger partial charge in [-0.1, -0.05) is 18.2 Å². The number of urea groups is 1. The first-order valence-electron chi connectivity index (χ1n) is 9.75. The van der Waals surface area contributed by atoms with E-state index >= 15 is 0 Å². The Morgan fingerprint density at radius 2 is 1.83 bits per heavy atom. The number of thiophene rings is 1. The zero-order valence-corrected chi connectivity index (χ0v) is 17.1. The molecule has 29 heavy (non-hydrogen) atoms. The minimum Gasteiger partial charge on any atom is -0.494 e. The van der Waals surface area contributed by atoms with Crippen molar-refractivity contribution < 1.29 is 19.1 Å². The second kappa shape index (κ2) is 8.34. The minimum atomic E-state index is -0.750. The Morgan fingerprint density at radius 3 is 2.52 bits per heavy atom. The maximum absolute atomic E-state index is 12.8. The van der Waals surface area contributed by atoms with E-state index in [-0.39, 0.29) is 19.3 Å². The molecule has 0 radical (unpaired) electrons. The Balaban J connectivity index is 1.46. The lowest BCUT2D eigenvalue weighted by Crippen LogP contribution is -2.42. The molecule has 2 aromatic rings. The molecular formula is C21H23N3O4S. The summed E-state index contributed by atoms with van der Waals surface area (Å²) >= 11 is 1.45. The topological polar surface area (TPSA) is 70.2 Å². The summed E-state index contributed by atoms with van der Waals surface area (Å²) in [6.45, 7) is 3.60. The quantitative estimate of drug-likeness (QED) is 0.515. The van der Waals surface area contributed by atoms with Gasteiger partial charge < -0.3 is 4.74 Å². The maximum atomic E-state index is 12.8. The lowest BCUT2D eigenvalue weighted by Gasteiger charge is -2.28. The lowest BCUT2D eigenvalue weighted by atomic mass is 10.0. The van der Waals surface area contributed by atoms with Crippen molar-refractivity contribution in [1.29, 1.82) is 0 Å². The van der Waals surface area contributed by atoms with E-state index in [9.17, 15) is 14.4 Å². The number of hydrogen-bond acceptors (Lipinski definition) is 6. The summed E-state index contributed by atoms with van der Waals surface area (Å²) in [7, 11) is 0. The highest BCUT2D eigenvalue weighted by atomic mass is 32.1. The van der Waals surface area contributed by atoms with Crippen molar-refractivity contribution in [2.45, 2.75) is 32.4 Å². The Bertz CT molecular complexity index is 897. The van der Waals surface area contributed by atoms with Gasteiger partial charge >= 0.3 is 17.8 Å². The van der Waals surface area contributed by atoms with E-state index in [0.29, 0.717) is 6.61 Å². The van der Waals surface area contributed by atoms with Crippen molar-refractivity contribution >= 4 is 29.2 Å². The third-order valence-electron chi connectivity index (χ3n) is 5.29. The molecule has 2 aliphatic rings. The second-order valence-corrected chi connectivity index (χ2v) is 8.13. The summed E-state index contributed by atoms with van der Waals surface area (Å²) in [5.74, 6) is -0.676. The van der Waals surface area contributed by atoms with Crippen molar-refractivity contribution in [3.63, 3.8) is 0 Å². The van der Waals surface area contributed by atoms with Gasteiger partial charge in [-0.3, -0.25) is 19.4 Å². The summed E-state index contributed by atoms with van der Waals surface area (Å²) < 4.78 is 5.50. The summed E-state index contributed by atoms with van der Waals surface area (Å²) in [4.78, 5) is 42.7. The van der Waals surface area contributed by atoms with Crippen molar-refractivity contribution in [3.8, 4) is 5.75 Å². The SMILES string of the molecule is CCOc1ccc([C@@H]2CCCN2CN2C(=O)C(=O)N(Cc3cccs3)C2=O)cc1. The van der Waals surface area contributed by atoms with Crippen molar-refractivity contribution in [2.24, 2.45) is 0 Å². The van der Waals surface area contributed by atoms with Crippen molar-refractivity contribution in [3.05, 3.63) is 52.2 Å². The maximum Gasteiger partial charge on any atom is 0.335 e. The van der Waals surface area contributed by atoms with Gasteiger partial charge in [0.15, 0.2) is 0 Å². The van der Waals surface area contributed by atoms with Crippen LogP contribution in [0, 0.1) is 0 Å². The van der Waals surface area contributed by atoms with Crippen LogP contribution >= 0.6 is 11.3 Å². The fourth-order valence-corrected chi connectivity index (χ4v) is 4.57. The highest BCUT2D eigenvalue weighted by Gasteiger charge is 2.46. The van der Waals surface area contributed by atoms with Crippen LogP contribution in [0.2, 0.25) is 0 Å². The molecule has 0 unspecified atom stereocenters. The van der Waals surface area contributed by atoms with E-state index in [2.05, 4.69) is 4.90 Å². The van der Waals surface area contributed by atoms with E-state index in [1.165, 1.54) is 11.3 Å². The summed E-state index contributed by atoms with van der Waals surface area (Å²) in [5.41, 5.74) is 1.12. The molecule has 152 valence electrons. The molecule has 4 amide bonds. The summed E-state index contributed by atoms with van der Waals surface area (Å²) in [6, 6.07) is 11.2. The number of rotatable bonds is 7. The van der Waals surface area contributed by atoms with Crippen LogP contribution in [-0.2, 0) is 16.1 Å². The molecule has 1 atom stereocenters. The molecule has 2 fully saturated rings. The molecule has 0 aliphatic carbocycles. The number of carbonyl (C=O) groups is 3. The van der Waals surface area contributed by atoms with Crippen LogP contribution < -0.4 is 4.74 Å². The first-order valence-corrected chi connectivity index (χ1v) is 10.6. The largest absolute Gasteiger partial charge is 0.494 e. The molecule has 1 aromatic heterocycles. The Labute approximate surface area is 173 Å². The highest BCUT2D eigenvalue weighted by molar-refractivity contribution is 7.09. The van der Waals surface area contributed by atoms with Crippen LogP contribution in [0.25, 0.3) is 0 Å². The van der Waals surface area contributed by atoms with Crippen LogP contribution in [0.1, 0.15) is 36.2 Å². The van der Waals surface area contributed by atoms with Crippen LogP contribution in [0.3, 0.4) is 0 Å². The summed E-state index contributed by atoms with van der Waals surface area (Å²) in [5, 5.41) is 1.88. The fraction of sp³-hybridized carbons (Fsp3) is 0.381. The molecule has 1 aromatic carbocycles. The lowest BCUT2D eigenvalue weighted by molar-refractivity contribution is -0.144. The number of hydrogen-bond donors (Lipinski definition) is 0. The van der Waals surface area contributed by atoms with E-state index in [1.807, 2.05) is 48.7 Å². The monoisotopic (exact) mass is 413 g/mol. The number of nitrogens with zero attached hydrogens (tertiary/aromatic N) is 3. The summed E-state index contributed by atoms with van der Waals surface area (Å²) in [6.07, 6.45) is 1.91. The van der Waals surface area contributed by atoms with Crippen molar-refractivity contribution in [1.82, 2.24) is 14.7 Å². The molecule has 0 bridgehead atoms. The standard InChI is InChI=1S/C21H23N3O4S/c1-2-28-16-9-7-15(8-10-16)18-6-3-11-22(18)14-24-20(26)19(25)23(21(24)27)13-17-5-4-12-29-17/h4-5,7-10,12,18H,2-3,6,11,13-14H2,1H3/t18-/m0/s1. The van der Waals surface area contributed by atoms with Gasteiger partial charge in [0.25, 0.3) is 0 Å². The second-order valence-electron chi connectivity index (χ2n) is 7.10. The van der Waals surface area contributed by atoms with Gasteiger partial charge in [0.1, 0.15) is 5.75 Å². The van der Waals surface area contributed by atoms with Gasteiger partial charge in [0.2, 0.25) is 0 Å². The number of imide groups is 2. The van der Waals surface area contributed by atoms with E-state index < -0.39 is 17.8 Å². The third kappa shape index (κ3) is 3.90. The van der Waals surface area contributed by atoms with Gasteiger partial charge in [0.05, 0.1) is 19.8 Å². The van der Waals surface area contributed by atoms with E-state index in [0.717, 1.165) is 45.4 Å². The van der Waals surface area contributed by atoms with Crippen molar-refractivity contribution in [2.75, 3.05) is 19.8 Å². The number of amides is 4. The molecule has 0 spiro atoms. The van der Waals surface area contributed by atoms with Crippen LogP contribution in [0.4, 0.5) is 4.79 Å². The van der Waals surface area contributed by atoms with Gasteiger partial charge in [-0.05, 0) is 48.9 Å². The molecule has 7 nitrogen and oxygen atoms in total.